The molecule has 0 heterocycles. The van der Waals surface area contributed by atoms with Gasteiger partial charge in [-0.3, -0.25) is 38.6 Å². The van der Waals surface area contributed by atoms with Crippen LogP contribution in [-0.2, 0) is 52.7 Å². The molecule has 14 N–H and O–H groups in total. The predicted molar refractivity (Wildman–Crippen MR) is 339 cm³/mol. The highest BCUT2D eigenvalue weighted by molar-refractivity contribution is 8.76. The number of carbonyl (C=O) groups excluding carboxylic acids is 6. The first-order valence-corrected chi connectivity index (χ1v) is 34.2. The summed E-state index contributed by atoms with van der Waals surface area (Å²) >= 11 is 0. The molecule has 0 bridgehead atoms. The molecule has 30 heteroatoms. The Morgan fingerprint density at radius 3 is 0.928 bits per heavy atom. The maximum atomic E-state index is 12.6. The van der Waals surface area contributed by atoms with Gasteiger partial charge in [0.2, 0.25) is 29.5 Å². The summed E-state index contributed by atoms with van der Waals surface area (Å²) in [7, 11) is 10.2. The van der Waals surface area contributed by atoms with E-state index in [-0.39, 0.29) is 42.4 Å². The van der Waals surface area contributed by atoms with Crippen LogP contribution in [0, 0.1) is 0 Å². The average Bonchev–Trinajstić information content (AvgIpc) is 3.45. The third-order valence-electron chi connectivity index (χ3n) is 10.7. The van der Waals surface area contributed by atoms with Gasteiger partial charge >= 0.3 is 29.8 Å². The quantitative estimate of drug-likeness (QED) is 0.0122. The number of carbonyl (C=O) groups is 11. The molecule has 0 saturated carbocycles. The van der Waals surface area contributed by atoms with Crippen molar-refractivity contribution in [2.24, 2.45) is 0 Å². The molecule has 0 rings (SSSR count). The summed E-state index contributed by atoms with van der Waals surface area (Å²) in [6.45, 7) is 12.6. The second kappa shape index (κ2) is 76.0. The van der Waals surface area contributed by atoms with E-state index >= 15 is 0 Å². The van der Waals surface area contributed by atoms with Gasteiger partial charge in [-0.2, -0.15) is 0 Å². The summed E-state index contributed by atoms with van der Waals surface area (Å²) in [4.78, 5) is 131. The Morgan fingerprint density at radius 2 is 0.675 bits per heavy atom. The summed E-state index contributed by atoms with van der Waals surface area (Å²) in [5.74, 6) is -10.6. The molecule has 0 aromatic heterocycles. The lowest BCUT2D eigenvalue weighted by molar-refractivity contribution is -0.144. The van der Waals surface area contributed by atoms with E-state index in [1.165, 1.54) is 12.8 Å². The molecular weight excluding hydrogens is 1190 g/mol. The zero-order chi connectivity index (χ0) is 63.8. The van der Waals surface area contributed by atoms with E-state index in [4.69, 9.17) is 10.2 Å². The number of halogens is 1. The molecule has 6 atom stereocenters. The van der Waals surface area contributed by atoms with Gasteiger partial charge in [0.15, 0.2) is 0 Å². The fourth-order valence-electron chi connectivity index (χ4n) is 6.19. The number of aliphatic hydroxyl groups excluding tert-OH is 1. The highest BCUT2D eigenvalue weighted by Crippen LogP contribution is 2.13. The van der Waals surface area contributed by atoms with Crippen molar-refractivity contribution in [3.8, 4) is 0 Å². The third-order valence-corrected chi connectivity index (χ3v) is 13.8. The SMILES string of the molecule is CC.CC.CCCC.CO.CSSC.CSSC.F.O.O=CCCCCCCCCCCCCC(=O)N[C@@H](CCC(=O)NC(CCC(=O)N[C@@H](CCC(=O)NC(CCC(=O)NCCCCC(NP)C(=O)O)C(=O)O)C(=O)O)C(=O)O)C(=O)O. The summed E-state index contributed by atoms with van der Waals surface area (Å²) in [5, 5.41) is 68.3. The molecule has 0 aliphatic carbocycles. The largest absolute Gasteiger partial charge is 0.480 e. The molecule has 5 amide bonds. The number of nitrogens with one attached hydrogen (secondary N) is 6. The average molecular weight is 1300 g/mol. The van der Waals surface area contributed by atoms with Crippen molar-refractivity contribution < 1.29 is 93.6 Å². The number of carboxylic acid groups (broad SMARTS) is 5. The van der Waals surface area contributed by atoms with Gasteiger partial charge in [0.05, 0.1) is 0 Å². The zero-order valence-corrected chi connectivity index (χ0v) is 55.6. The maximum Gasteiger partial charge on any atom is 0.326 e. The van der Waals surface area contributed by atoms with E-state index in [0.29, 0.717) is 32.1 Å². The van der Waals surface area contributed by atoms with Crippen LogP contribution in [-0.4, -0.2) is 171 Å². The van der Waals surface area contributed by atoms with Crippen LogP contribution >= 0.6 is 52.6 Å². The van der Waals surface area contributed by atoms with Crippen molar-refractivity contribution in [2.75, 3.05) is 38.7 Å². The lowest BCUT2D eigenvalue weighted by Crippen LogP contribution is -2.45. The van der Waals surface area contributed by atoms with Crippen LogP contribution in [0.15, 0.2) is 0 Å². The predicted octanol–water partition coefficient (Wildman–Crippen LogP) is 7.43. The highest BCUT2D eigenvalue weighted by atomic mass is 33.1. The summed E-state index contributed by atoms with van der Waals surface area (Å²) in [6, 6.07) is -6.92. The number of hydrogen-bond donors (Lipinski definition) is 12. The molecule has 0 aliphatic heterocycles. The number of unbranched alkanes of at least 4 members (excludes halogenated alkanes) is 12. The molecule has 494 valence electrons. The Kier molecular flexibility index (Phi) is 89.9. The fourth-order valence-corrected chi connectivity index (χ4v) is 6.50. The van der Waals surface area contributed by atoms with Crippen molar-refractivity contribution in [3.05, 3.63) is 0 Å². The van der Waals surface area contributed by atoms with Gasteiger partial charge in [-0.25, -0.2) is 19.2 Å². The number of hydrogen-bond acceptors (Lipinski definition) is 17. The second-order valence-corrected chi connectivity index (χ2v) is 22.5. The van der Waals surface area contributed by atoms with Crippen molar-refractivity contribution in [1.82, 2.24) is 31.7 Å². The highest BCUT2D eigenvalue weighted by Gasteiger charge is 2.27. The molecule has 0 aliphatic rings. The lowest BCUT2D eigenvalue weighted by Gasteiger charge is -2.18. The van der Waals surface area contributed by atoms with Crippen molar-refractivity contribution in [2.45, 2.75) is 232 Å². The smallest absolute Gasteiger partial charge is 0.326 e. The number of aldehydes is 1. The van der Waals surface area contributed by atoms with Crippen LogP contribution < -0.4 is 31.7 Å². The Bertz CT molecular complexity index is 1630. The minimum atomic E-state index is -1.64. The molecule has 0 spiro atoms. The van der Waals surface area contributed by atoms with E-state index in [9.17, 15) is 73.2 Å². The first-order chi connectivity index (χ1) is 38.6. The van der Waals surface area contributed by atoms with Crippen LogP contribution in [0.3, 0.4) is 0 Å². The van der Waals surface area contributed by atoms with E-state index in [1.807, 2.05) is 27.7 Å². The van der Waals surface area contributed by atoms with E-state index in [0.717, 1.165) is 71.2 Å². The standard InChI is InChI=1S/C40H67N6O16P.C4H10.2C2H6S2.2C2H6.CH4O.FH.H2O/c47-25-13-9-7-5-3-1-2-4-6-8-10-15-32(49)42-27(37(55)56)17-21-34(51)44-29(39(59)60)19-23-35(52)45-28(38(57)58)18-22-33(50)43-26(36(53)54)16-20-31(48)41-24-12-11-14-30(46-63)40(61)62;3*1-3-4-2;3*1-2;;/h25-30,46H,1-24,63H2,(H,41,48)(H,42,49)(H,43,50)(H,44,51)(H,45,52)(H,53,54)(H,55,56)(H,57,58)(H,59,60)(H,61,62);3-4H2,1-2H3;2*1-2H3;2*1-2H3;2H,1H3;1H;1H2/t26?,27-,28-,29?,30?;;;;;;;;/m0......../s1. The monoisotopic (exact) mass is 1290 g/mol. The van der Waals surface area contributed by atoms with Gasteiger partial charge in [0, 0.05) is 52.2 Å². The molecule has 0 aromatic rings. The number of aliphatic hydroxyl groups is 1. The van der Waals surface area contributed by atoms with Gasteiger partial charge in [0.1, 0.15) is 36.5 Å². The van der Waals surface area contributed by atoms with E-state index < -0.39 is 122 Å². The Morgan fingerprint density at radius 1 is 0.410 bits per heavy atom. The van der Waals surface area contributed by atoms with Crippen LogP contribution in [0.1, 0.15) is 202 Å². The van der Waals surface area contributed by atoms with Crippen LogP contribution in [0.25, 0.3) is 0 Å². The molecular formula is C53H108FN6O18PS4. The summed E-state index contributed by atoms with van der Waals surface area (Å²) in [5.41, 5.74) is 0. The van der Waals surface area contributed by atoms with Crippen LogP contribution in [0.5, 0.6) is 0 Å². The normalized spacial score (nSPS) is 11.3. The van der Waals surface area contributed by atoms with Gasteiger partial charge in [0.25, 0.3) is 0 Å². The van der Waals surface area contributed by atoms with Gasteiger partial charge in [-0.05, 0) is 82.8 Å². The molecule has 83 heavy (non-hydrogen) atoms. The van der Waals surface area contributed by atoms with E-state index in [2.05, 4.69) is 79.9 Å². The van der Waals surface area contributed by atoms with Crippen LogP contribution in [0.4, 0.5) is 4.70 Å². The number of aliphatic carboxylic acids is 5. The molecule has 0 radical (unpaired) electrons. The number of amides is 5. The summed E-state index contributed by atoms with van der Waals surface area (Å²) < 4.78 is 0. The first-order valence-electron chi connectivity index (χ1n) is 27.7. The van der Waals surface area contributed by atoms with Crippen molar-refractivity contribution >= 4 is 118 Å². The fraction of sp³-hybridized carbons (Fsp3) is 0.792. The molecule has 0 aromatic carbocycles. The minimum absolute atomic E-state index is 0. The molecule has 4 unspecified atom stereocenters. The Labute approximate surface area is 511 Å². The van der Waals surface area contributed by atoms with Crippen molar-refractivity contribution in [1.29, 1.82) is 0 Å². The number of carboxylic acids is 5. The van der Waals surface area contributed by atoms with Gasteiger partial charge in [-0.15, -0.1) is 0 Å². The Hall–Kier alpha value is -3.99. The third kappa shape index (κ3) is 72.2. The van der Waals surface area contributed by atoms with E-state index in [1.54, 1.807) is 43.2 Å². The topological polar surface area (TPSA) is 413 Å². The minimum Gasteiger partial charge on any atom is -0.480 e. The van der Waals surface area contributed by atoms with Gasteiger partial charge < -0.3 is 67.5 Å². The molecule has 0 saturated heterocycles. The number of rotatable bonds is 43. The molecule has 24 nitrogen and oxygen atoms in total. The zero-order valence-electron chi connectivity index (χ0n) is 51.1. The Balaban J connectivity index is -0.000000344. The lowest BCUT2D eigenvalue weighted by atomic mass is 10.0. The maximum absolute atomic E-state index is 12.6. The molecule has 0 fully saturated rings. The summed E-state index contributed by atoms with van der Waals surface area (Å²) in [6.07, 6.45) is 19.9. The van der Waals surface area contributed by atoms with Gasteiger partial charge in [-0.1, -0.05) is 158 Å². The second-order valence-electron chi connectivity index (χ2n) is 16.8. The first kappa shape index (κ1) is 98.1. The van der Waals surface area contributed by atoms with Crippen LogP contribution in [0.2, 0.25) is 0 Å². The van der Waals surface area contributed by atoms with Crippen molar-refractivity contribution in [3.63, 3.8) is 0 Å².